The standard InChI is InChI=1S/C23H21FN4O3/c1-31-16-6-7-18(19(24)12-16)21-8-9-23(30)28(27-21)14-22(29)25-11-10-15-13-26-20-5-3-2-4-17(15)20/h2-9,12-13,26H,10-11,14H2,1H3,(H,25,29). The second-order valence-electron chi connectivity index (χ2n) is 7.02. The molecule has 4 rings (SSSR count). The van der Waals surface area contributed by atoms with Crippen LogP contribution in [0.15, 0.2) is 65.6 Å². The van der Waals surface area contributed by atoms with Crippen LogP contribution in [0.25, 0.3) is 22.2 Å². The number of amides is 1. The van der Waals surface area contributed by atoms with Crippen molar-refractivity contribution in [2.75, 3.05) is 13.7 Å². The largest absolute Gasteiger partial charge is 0.497 e. The minimum atomic E-state index is -0.528. The van der Waals surface area contributed by atoms with Crippen LogP contribution in [0.4, 0.5) is 4.39 Å². The fourth-order valence-electron chi connectivity index (χ4n) is 3.40. The van der Waals surface area contributed by atoms with Crippen LogP contribution in [-0.2, 0) is 17.8 Å². The van der Waals surface area contributed by atoms with E-state index in [9.17, 15) is 14.0 Å². The summed E-state index contributed by atoms with van der Waals surface area (Å²) in [6, 6.07) is 15.0. The molecule has 158 valence electrons. The van der Waals surface area contributed by atoms with Crippen LogP contribution in [-0.4, -0.2) is 34.3 Å². The van der Waals surface area contributed by atoms with E-state index < -0.39 is 11.4 Å². The molecule has 0 bridgehead atoms. The summed E-state index contributed by atoms with van der Waals surface area (Å²) in [5.74, 6) is -0.494. The Morgan fingerprint density at radius 1 is 1.19 bits per heavy atom. The highest BCUT2D eigenvalue weighted by molar-refractivity contribution is 5.83. The third kappa shape index (κ3) is 4.48. The minimum absolute atomic E-state index is 0.217. The molecule has 0 radical (unpaired) electrons. The third-order valence-corrected chi connectivity index (χ3v) is 5.00. The van der Waals surface area contributed by atoms with Crippen LogP contribution in [0.3, 0.4) is 0 Å². The number of rotatable bonds is 7. The van der Waals surface area contributed by atoms with Gasteiger partial charge in [0.1, 0.15) is 18.1 Å². The predicted molar refractivity (Wildman–Crippen MR) is 115 cm³/mol. The number of ether oxygens (including phenoxy) is 1. The Morgan fingerprint density at radius 2 is 2.03 bits per heavy atom. The molecule has 8 heteroatoms. The van der Waals surface area contributed by atoms with Gasteiger partial charge in [0.05, 0.1) is 12.8 Å². The van der Waals surface area contributed by atoms with Crippen molar-refractivity contribution in [1.29, 1.82) is 0 Å². The molecule has 4 aromatic rings. The smallest absolute Gasteiger partial charge is 0.267 e. The first-order chi connectivity index (χ1) is 15.0. The monoisotopic (exact) mass is 420 g/mol. The molecular weight excluding hydrogens is 399 g/mol. The maximum absolute atomic E-state index is 14.3. The van der Waals surface area contributed by atoms with Crippen LogP contribution in [0.1, 0.15) is 5.56 Å². The summed E-state index contributed by atoms with van der Waals surface area (Å²) >= 11 is 0. The summed E-state index contributed by atoms with van der Waals surface area (Å²) in [7, 11) is 1.45. The van der Waals surface area contributed by atoms with Crippen LogP contribution in [0, 0.1) is 5.82 Å². The van der Waals surface area contributed by atoms with Crippen LogP contribution in [0.2, 0.25) is 0 Å². The highest BCUT2D eigenvalue weighted by Crippen LogP contribution is 2.24. The number of aromatic amines is 1. The van der Waals surface area contributed by atoms with Crippen molar-refractivity contribution >= 4 is 16.8 Å². The van der Waals surface area contributed by atoms with E-state index in [1.807, 2.05) is 30.5 Å². The van der Waals surface area contributed by atoms with Gasteiger partial charge in [-0.2, -0.15) is 5.10 Å². The molecule has 2 aromatic heterocycles. The summed E-state index contributed by atoms with van der Waals surface area (Å²) in [4.78, 5) is 27.7. The molecule has 0 spiro atoms. The van der Waals surface area contributed by atoms with Crippen molar-refractivity contribution < 1.29 is 13.9 Å². The van der Waals surface area contributed by atoms with Crippen LogP contribution < -0.4 is 15.6 Å². The van der Waals surface area contributed by atoms with Crippen molar-refractivity contribution in [1.82, 2.24) is 20.1 Å². The second kappa shape index (κ2) is 8.83. The minimum Gasteiger partial charge on any atom is -0.497 e. The molecule has 0 aliphatic carbocycles. The molecule has 0 unspecified atom stereocenters. The number of hydrogen-bond acceptors (Lipinski definition) is 4. The summed E-state index contributed by atoms with van der Waals surface area (Å²) < 4.78 is 20.4. The van der Waals surface area contributed by atoms with Crippen LogP contribution >= 0.6 is 0 Å². The summed E-state index contributed by atoms with van der Waals surface area (Å²) in [5, 5.41) is 8.07. The van der Waals surface area contributed by atoms with Gasteiger partial charge < -0.3 is 15.0 Å². The second-order valence-corrected chi connectivity index (χ2v) is 7.02. The quantitative estimate of drug-likeness (QED) is 0.481. The van der Waals surface area contributed by atoms with E-state index in [1.54, 1.807) is 6.07 Å². The van der Waals surface area contributed by atoms with Gasteiger partial charge in [0, 0.05) is 41.3 Å². The molecule has 31 heavy (non-hydrogen) atoms. The van der Waals surface area contributed by atoms with Gasteiger partial charge in [-0.15, -0.1) is 0 Å². The SMILES string of the molecule is COc1ccc(-c2ccc(=O)n(CC(=O)NCCc3c[nH]c4ccccc34)n2)c(F)c1. The zero-order chi connectivity index (χ0) is 21.8. The Kier molecular flexibility index (Phi) is 5.79. The van der Waals surface area contributed by atoms with Gasteiger partial charge in [-0.3, -0.25) is 9.59 Å². The molecule has 0 saturated heterocycles. The van der Waals surface area contributed by atoms with Crippen molar-refractivity contribution in [3.63, 3.8) is 0 Å². The normalized spacial score (nSPS) is 10.9. The van der Waals surface area contributed by atoms with E-state index in [1.165, 1.54) is 31.4 Å². The van der Waals surface area contributed by atoms with Gasteiger partial charge in [0.2, 0.25) is 5.91 Å². The van der Waals surface area contributed by atoms with Crippen molar-refractivity contribution in [3.05, 3.63) is 82.5 Å². The van der Waals surface area contributed by atoms with E-state index in [0.29, 0.717) is 18.7 Å². The number of aromatic nitrogens is 3. The molecule has 0 fully saturated rings. The zero-order valence-corrected chi connectivity index (χ0v) is 16.9. The average Bonchev–Trinajstić information content (AvgIpc) is 3.18. The molecule has 0 aliphatic heterocycles. The number of benzene rings is 2. The lowest BCUT2D eigenvalue weighted by atomic mass is 10.1. The maximum atomic E-state index is 14.3. The highest BCUT2D eigenvalue weighted by Gasteiger charge is 2.12. The van der Waals surface area contributed by atoms with Gasteiger partial charge in [-0.25, -0.2) is 9.07 Å². The number of halogens is 1. The first-order valence-corrected chi connectivity index (χ1v) is 9.79. The summed E-state index contributed by atoms with van der Waals surface area (Å²) in [6.45, 7) is 0.167. The van der Waals surface area contributed by atoms with Gasteiger partial charge in [-0.1, -0.05) is 18.2 Å². The molecule has 0 aliphatic rings. The van der Waals surface area contributed by atoms with E-state index in [0.717, 1.165) is 21.1 Å². The first kappa shape index (κ1) is 20.3. The van der Waals surface area contributed by atoms with E-state index in [4.69, 9.17) is 4.74 Å². The zero-order valence-electron chi connectivity index (χ0n) is 16.9. The van der Waals surface area contributed by atoms with E-state index in [-0.39, 0.29) is 23.7 Å². The molecule has 7 nitrogen and oxygen atoms in total. The van der Waals surface area contributed by atoms with Gasteiger partial charge in [-0.05, 0) is 36.2 Å². The van der Waals surface area contributed by atoms with Gasteiger partial charge >= 0.3 is 0 Å². The topological polar surface area (TPSA) is 89.0 Å². The Balaban J connectivity index is 1.42. The van der Waals surface area contributed by atoms with Crippen molar-refractivity contribution in [2.24, 2.45) is 0 Å². The molecule has 2 aromatic carbocycles. The van der Waals surface area contributed by atoms with Gasteiger partial charge in [0.15, 0.2) is 0 Å². The molecule has 2 N–H and O–H groups in total. The lowest BCUT2D eigenvalue weighted by molar-refractivity contribution is -0.121. The molecule has 0 atom stereocenters. The number of nitrogens with one attached hydrogen (secondary N) is 2. The van der Waals surface area contributed by atoms with Crippen molar-refractivity contribution in [2.45, 2.75) is 13.0 Å². The predicted octanol–water partition coefficient (Wildman–Crippen LogP) is 2.90. The van der Waals surface area contributed by atoms with Crippen molar-refractivity contribution in [3.8, 4) is 17.0 Å². The summed E-state index contributed by atoms with van der Waals surface area (Å²) in [5.41, 5.74) is 2.18. The molecule has 2 heterocycles. The Labute approximate surface area is 177 Å². The Bertz CT molecular complexity index is 1300. The molecule has 0 saturated carbocycles. The van der Waals surface area contributed by atoms with E-state index in [2.05, 4.69) is 15.4 Å². The van der Waals surface area contributed by atoms with Gasteiger partial charge in [0.25, 0.3) is 5.56 Å². The number of nitrogens with zero attached hydrogens (tertiary/aromatic N) is 2. The number of hydrogen-bond donors (Lipinski definition) is 2. The van der Waals surface area contributed by atoms with Crippen LogP contribution in [0.5, 0.6) is 5.75 Å². The van der Waals surface area contributed by atoms with E-state index >= 15 is 0 Å². The number of fused-ring (bicyclic) bond motifs is 1. The third-order valence-electron chi connectivity index (χ3n) is 5.00. The fourth-order valence-corrected chi connectivity index (χ4v) is 3.40. The lowest BCUT2D eigenvalue weighted by Crippen LogP contribution is -2.34. The fraction of sp³-hybridized carbons (Fsp3) is 0.174. The number of para-hydroxylation sites is 1. The number of methoxy groups -OCH3 is 1. The number of H-pyrrole nitrogens is 1. The Hall–Kier alpha value is -3.94. The lowest BCUT2D eigenvalue weighted by Gasteiger charge is -2.09. The molecular formula is C23H21FN4O3. The highest BCUT2D eigenvalue weighted by atomic mass is 19.1. The number of carbonyl (C=O) groups is 1. The number of carbonyl (C=O) groups excluding carboxylic acids is 1. The average molecular weight is 420 g/mol. The first-order valence-electron chi connectivity index (χ1n) is 9.79. The molecule has 1 amide bonds. The Morgan fingerprint density at radius 3 is 2.84 bits per heavy atom. The maximum Gasteiger partial charge on any atom is 0.267 e. The summed E-state index contributed by atoms with van der Waals surface area (Å²) in [6.07, 6.45) is 2.57.